The molecule has 1 saturated heterocycles. The molecule has 2 atom stereocenters. The van der Waals surface area contributed by atoms with Crippen LogP contribution in [0, 0.1) is 0 Å². The quantitative estimate of drug-likeness (QED) is 0.872. The van der Waals surface area contributed by atoms with E-state index in [1.807, 2.05) is 42.5 Å². The highest BCUT2D eigenvalue weighted by Crippen LogP contribution is 2.42. The van der Waals surface area contributed by atoms with Crippen molar-refractivity contribution in [1.82, 2.24) is 0 Å². The van der Waals surface area contributed by atoms with E-state index in [2.05, 4.69) is 0 Å². The number of nitrogens with two attached hydrogens (primary N) is 1. The zero-order valence-electron chi connectivity index (χ0n) is 13.3. The van der Waals surface area contributed by atoms with Gasteiger partial charge in [-0.05, 0) is 29.8 Å². The molecule has 0 aromatic heterocycles. The van der Waals surface area contributed by atoms with Crippen molar-refractivity contribution in [3.63, 3.8) is 0 Å². The average molecular weight is 326 g/mol. The molecule has 24 heavy (non-hydrogen) atoms. The molecule has 0 spiro atoms. The lowest BCUT2D eigenvalue weighted by Crippen LogP contribution is -2.63. The molecular formula is C18H18N2O4. The highest BCUT2D eigenvalue weighted by molar-refractivity contribution is 6.05. The lowest BCUT2D eigenvalue weighted by molar-refractivity contribution is -0.126. The van der Waals surface area contributed by atoms with Gasteiger partial charge in [0.1, 0.15) is 25.0 Å². The number of hydrogen-bond acceptors (Lipinski definition) is 5. The van der Waals surface area contributed by atoms with Crippen molar-refractivity contribution in [2.45, 2.75) is 12.1 Å². The average Bonchev–Trinajstić information content (AvgIpc) is 2.64. The minimum atomic E-state index is -0.565. The minimum Gasteiger partial charge on any atom is -0.497 e. The van der Waals surface area contributed by atoms with Crippen molar-refractivity contribution in [2.24, 2.45) is 5.73 Å². The number of carbonyl (C=O) groups excluding carboxylic acids is 1. The maximum Gasteiger partial charge on any atom is 0.247 e. The molecule has 6 nitrogen and oxygen atoms in total. The fraction of sp³-hybridized carbons (Fsp3) is 0.278. The first-order valence-corrected chi connectivity index (χ1v) is 7.81. The molecule has 2 aromatic carbocycles. The Morgan fingerprint density at radius 2 is 1.92 bits per heavy atom. The van der Waals surface area contributed by atoms with Gasteiger partial charge in [-0.25, -0.2) is 0 Å². The largest absolute Gasteiger partial charge is 0.497 e. The number of anilines is 1. The van der Waals surface area contributed by atoms with Crippen LogP contribution in [0.25, 0.3) is 0 Å². The third-order valence-corrected chi connectivity index (χ3v) is 4.38. The second-order valence-corrected chi connectivity index (χ2v) is 5.78. The molecule has 124 valence electrons. The predicted molar refractivity (Wildman–Crippen MR) is 88.6 cm³/mol. The van der Waals surface area contributed by atoms with E-state index in [0.29, 0.717) is 24.7 Å². The number of fused-ring (bicyclic) bond motifs is 1. The van der Waals surface area contributed by atoms with Crippen molar-refractivity contribution in [3.05, 3.63) is 48.0 Å². The zero-order valence-corrected chi connectivity index (χ0v) is 13.3. The van der Waals surface area contributed by atoms with Crippen LogP contribution in [0.1, 0.15) is 11.6 Å². The van der Waals surface area contributed by atoms with Crippen molar-refractivity contribution in [1.29, 1.82) is 0 Å². The molecular weight excluding hydrogens is 308 g/mol. The first kappa shape index (κ1) is 14.8. The SMILES string of the molecule is COc1cccc([C@@H]2[C@@H](N)C(=O)N2c2ccc3c(c2)OCCO3)c1. The lowest BCUT2D eigenvalue weighted by Gasteiger charge is -2.45. The number of benzene rings is 2. The summed E-state index contributed by atoms with van der Waals surface area (Å²) in [6.45, 7) is 1.04. The Hall–Kier alpha value is -2.73. The number of rotatable bonds is 3. The number of carbonyl (C=O) groups is 1. The van der Waals surface area contributed by atoms with E-state index >= 15 is 0 Å². The van der Waals surface area contributed by atoms with Crippen LogP contribution in [0.5, 0.6) is 17.2 Å². The van der Waals surface area contributed by atoms with Gasteiger partial charge in [-0.2, -0.15) is 0 Å². The molecule has 2 heterocycles. The molecule has 2 N–H and O–H groups in total. The fourth-order valence-corrected chi connectivity index (χ4v) is 3.16. The third kappa shape index (κ3) is 2.27. The Balaban J connectivity index is 1.69. The van der Waals surface area contributed by atoms with Gasteiger partial charge in [-0.15, -0.1) is 0 Å². The van der Waals surface area contributed by atoms with Crippen LogP contribution in [-0.4, -0.2) is 32.3 Å². The summed E-state index contributed by atoms with van der Waals surface area (Å²) in [7, 11) is 1.61. The van der Waals surface area contributed by atoms with Gasteiger partial charge in [0.15, 0.2) is 11.5 Å². The number of methoxy groups -OCH3 is 1. The molecule has 2 aromatic rings. The van der Waals surface area contributed by atoms with Gasteiger partial charge in [-0.1, -0.05) is 12.1 Å². The summed E-state index contributed by atoms with van der Waals surface area (Å²) in [5.41, 5.74) is 7.76. The summed E-state index contributed by atoms with van der Waals surface area (Å²) in [5, 5.41) is 0. The standard InChI is InChI=1S/C18H18N2O4/c1-22-13-4-2-3-11(9-13)17-16(19)18(21)20(17)12-5-6-14-15(10-12)24-8-7-23-14/h2-6,9-10,16-17H,7-8,19H2,1H3/t16-,17-/m1/s1. The molecule has 0 bridgehead atoms. The summed E-state index contributed by atoms with van der Waals surface area (Å²) in [5.74, 6) is 1.97. The van der Waals surface area contributed by atoms with E-state index in [1.54, 1.807) is 12.0 Å². The molecule has 1 fully saturated rings. The predicted octanol–water partition coefficient (Wildman–Crippen LogP) is 1.88. The molecule has 0 saturated carbocycles. The molecule has 0 radical (unpaired) electrons. The van der Waals surface area contributed by atoms with Gasteiger partial charge in [0.25, 0.3) is 0 Å². The molecule has 6 heteroatoms. The van der Waals surface area contributed by atoms with E-state index in [4.69, 9.17) is 19.9 Å². The van der Waals surface area contributed by atoms with Crippen LogP contribution >= 0.6 is 0 Å². The van der Waals surface area contributed by atoms with Crippen molar-refractivity contribution >= 4 is 11.6 Å². The van der Waals surface area contributed by atoms with Gasteiger partial charge in [0, 0.05) is 11.8 Å². The van der Waals surface area contributed by atoms with Gasteiger partial charge in [-0.3, -0.25) is 4.79 Å². The van der Waals surface area contributed by atoms with Gasteiger partial charge >= 0.3 is 0 Å². The Morgan fingerprint density at radius 1 is 1.12 bits per heavy atom. The van der Waals surface area contributed by atoms with Crippen molar-refractivity contribution in [2.75, 3.05) is 25.2 Å². The van der Waals surface area contributed by atoms with Crippen LogP contribution in [-0.2, 0) is 4.79 Å². The number of amides is 1. The van der Waals surface area contributed by atoms with E-state index in [1.165, 1.54) is 0 Å². The molecule has 2 aliphatic heterocycles. The Morgan fingerprint density at radius 3 is 2.71 bits per heavy atom. The first-order valence-electron chi connectivity index (χ1n) is 7.81. The minimum absolute atomic E-state index is 0.112. The zero-order chi connectivity index (χ0) is 16.7. The molecule has 4 rings (SSSR count). The van der Waals surface area contributed by atoms with E-state index < -0.39 is 6.04 Å². The van der Waals surface area contributed by atoms with Crippen LogP contribution < -0.4 is 24.8 Å². The third-order valence-electron chi connectivity index (χ3n) is 4.38. The summed E-state index contributed by atoms with van der Waals surface area (Å²) in [6, 6.07) is 12.3. The fourth-order valence-electron chi connectivity index (χ4n) is 3.16. The normalized spacial score (nSPS) is 22.1. The summed E-state index contributed by atoms with van der Waals surface area (Å²) >= 11 is 0. The smallest absolute Gasteiger partial charge is 0.247 e. The number of ether oxygens (including phenoxy) is 3. The van der Waals surface area contributed by atoms with Crippen LogP contribution in [0.3, 0.4) is 0 Å². The molecule has 2 aliphatic rings. The van der Waals surface area contributed by atoms with Gasteiger partial charge < -0.3 is 24.8 Å². The topological polar surface area (TPSA) is 74.0 Å². The maximum absolute atomic E-state index is 12.4. The molecule has 0 aliphatic carbocycles. The van der Waals surface area contributed by atoms with Crippen LogP contribution in [0.4, 0.5) is 5.69 Å². The number of hydrogen-bond donors (Lipinski definition) is 1. The molecule has 0 unspecified atom stereocenters. The van der Waals surface area contributed by atoms with E-state index in [9.17, 15) is 4.79 Å². The highest BCUT2D eigenvalue weighted by atomic mass is 16.6. The second-order valence-electron chi connectivity index (χ2n) is 5.78. The Bertz CT molecular complexity index is 792. The molecule has 1 amide bonds. The summed E-state index contributed by atoms with van der Waals surface area (Å²) in [6.07, 6.45) is 0. The number of nitrogens with zero attached hydrogens (tertiary/aromatic N) is 1. The Labute approximate surface area is 139 Å². The van der Waals surface area contributed by atoms with E-state index in [-0.39, 0.29) is 11.9 Å². The summed E-state index contributed by atoms with van der Waals surface area (Å²) in [4.78, 5) is 14.1. The highest BCUT2D eigenvalue weighted by Gasteiger charge is 2.47. The van der Waals surface area contributed by atoms with Crippen LogP contribution in [0.2, 0.25) is 0 Å². The van der Waals surface area contributed by atoms with Crippen molar-refractivity contribution < 1.29 is 19.0 Å². The first-order chi connectivity index (χ1) is 11.7. The van der Waals surface area contributed by atoms with Gasteiger partial charge in [0.05, 0.1) is 13.2 Å². The maximum atomic E-state index is 12.4. The van der Waals surface area contributed by atoms with Crippen LogP contribution in [0.15, 0.2) is 42.5 Å². The Kier molecular flexibility index (Phi) is 3.54. The number of β-lactam (4-membered cyclic amide) rings is 1. The van der Waals surface area contributed by atoms with E-state index in [0.717, 1.165) is 17.0 Å². The van der Waals surface area contributed by atoms with Crippen molar-refractivity contribution in [3.8, 4) is 17.2 Å². The summed E-state index contributed by atoms with van der Waals surface area (Å²) < 4.78 is 16.4. The lowest BCUT2D eigenvalue weighted by atomic mass is 9.88. The van der Waals surface area contributed by atoms with Gasteiger partial charge in [0.2, 0.25) is 5.91 Å². The second kappa shape index (κ2) is 5.72. The monoisotopic (exact) mass is 326 g/mol.